The molecule has 176 valence electrons. The summed E-state index contributed by atoms with van der Waals surface area (Å²) in [6.07, 6.45) is 0.0457. The topological polar surface area (TPSA) is 103 Å². The molecule has 2 heterocycles. The third-order valence-corrected chi connectivity index (χ3v) is 5.26. The minimum atomic E-state index is -0.743. The van der Waals surface area contributed by atoms with Crippen LogP contribution in [0, 0.1) is 6.92 Å². The van der Waals surface area contributed by atoms with Crippen LogP contribution in [0.5, 0.6) is 5.88 Å². The van der Waals surface area contributed by atoms with Gasteiger partial charge in [-0.2, -0.15) is 0 Å². The maximum atomic E-state index is 12.3. The Kier molecular flexibility index (Phi) is 7.09. The Morgan fingerprint density at radius 1 is 1.24 bits per heavy atom. The first-order valence-corrected chi connectivity index (χ1v) is 11.0. The molecular weight excluding hydrogens is 469 g/mol. The number of aromatic nitrogens is 2. The predicted octanol–water partition coefficient (Wildman–Crippen LogP) is 6.05. The summed E-state index contributed by atoms with van der Waals surface area (Å²) in [4.78, 5) is 29.2. The van der Waals surface area contributed by atoms with Crippen LogP contribution in [-0.4, -0.2) is 39.1 Å². The van der Waals surface area contributed by atoms with E-state index in [1.165, 1.54) is 6.20 Å². The number of alkyl carbamates (subject to hydrolysis) is 1. The summed E-state index contributed by atoms with van der Waals surface area (Å²) in [6, 6.07) is 4.94. The standard InChI is InChI=1S/C23H25Cl2N3O5/c1-6-32-22(31)28-11-17-19(20(28)29)18(14-8-7-13(24)9-16(14)25)15(12(2)27-17)10-26-21(30)33-23(3,4)5/h7-9,11,29H,6,10H2,1-5H3,(H,26,30). The molecular formula is C23H25Cl2N3O5. The quantitative estimate of drug-likeness (QED) is 0.458. The number of aromatic hydroxyl groups is 1. The zero-order valence-electron chi connectivity index (χ0n) is 19.0. The second-order valence-electron chi connectivity index (χ2n) is 8.31. The first kappa shape index (κ1) is 24.7. The molecule has 10 heteroatoms. The number of fused-ring (bicyclic) bond motifs is 1. The van der Waals surface area contributed by atoms with Crippen LogP contribution < -0.4 is 5.32 Å². The van der Waals surface area contributed by atoms with Crippen molar-refractivity contribution in [2.45, 2.75) is 46.8 Å². The lowest BCUT2D eigenvalue weighted by atomic mass is 9.95. The van der Waals surface area contributed by atoms with E-state index in [-0.39, 0.29) is 19.0 Å². The van der Waals surface area contributed by atoms with Crippen LogP contribution in [0.4, 0.5) is 9.59 Å². The van der Waals surface area contributed by atoms with Gasteiger partial charge in [0.15, 0.2) is 0 Å². The van der Waals surface area contributed by atoms with Crippen molar-refractivity contribution in [3.8, 4) is 17.0 Å². The van der Waals surface area contributed by atoms with E-state index in [4.69, 9.17) is 32.7 Å². The van der Waals surface area contributed by atoms with Gasteiger partial charge >= 0.3 is 12.2 Å². The van der Waals surface area contributed by atoms with E-state index in [1.54, 1.807) is 52.8 Å². The number of aryl methyl sites for hydroxylation is 1. The van der Waals surface area contributed by atoms with Crippen LogP contribution in [0.3, 0.4) is 0 Å². The summed E-state index contributed by atoms with van der Waals surface area (Å²) in [7, 11) is 0. The van der Waals surface area contributed by atoms with Gasteiger partial charge < -0.3 is 19.9 Å². The Bertz CT molecular complexity index is 1230. The van der Waals surface area contributed by atoms with Crippen molar-refractivity contribution in [2.24, 2.45) is 0 Å². The van der Waals surface area contributed by atoms with E-state index in [0.29, 0.717) is 43.3 Å². The number of rotatable bonds is 4. The third kappa shape index (κ3) is 5.34. The van der Waals surface area contributed by atoms with Gasteiger partial charge in [-0.05, 0) is 46.8 Å². The Morgan fingerprint density at radius 3 is 2.55 bits per heavy atom. The smallest absolute Gasteiger partial charge is 0.420 e. The van der Waals surface area contributed by atoms with Crippen LogP contribution in [0.25, 0.3) is 22.0 Å². The first-order valence-electron chi connectivity index (χ1n) is 10.3. The van der Waals surface area contributed by atoms with Gasteiger partial charge in [-0.15, -0.1) is 0 Å². The zero-order valence-corrected chi connectivity index (χ0v) is 20.5. The number of hydrogen-bond donors (Lipinski definition) is 2. The van der Waals surface area contributed by atoms with Crippen LogP contribution >= 0.6 is 23.2 Å². The van der Waals surface area contributed by atoms with Crippen LogP contribution in [0.2, 0.25) is 10.0 Å². The summed E-state index contributed by atoms with van der Waals surface area (Å²) in [5.41, 5.74) is 1.92. The number of hydrogen-bond acceptors (Lipinski definition) is 6. The van der Waals surface area contributed by atoms with Gasteiger partial charge in [-0.3, -0.25) is 4.98 Å². The molecule has 0 saturated heterocycles. The van der Waals surface area contributed by atoms with E-state index in [0.717, 1.165) is 4.57 Å². The van der Waals surface area contributed by atoms with E-state index in [9.17, 15) is 14.7 Å². The highest BCUT2D eigenvalue weighted by molar-refractivity contribution is 6.36. The average Bonchev–Trinajstić information content (AvgIpc) is 3.01. The molecule has 0 aliphatic carbocycles. The van der Waals surface area contributed by atoms with Crippen molar-refractivity contribution in [3.63, 3.8) is 0 Å². The molecule has 0 atom stereocenters. The molecule has 0 bridgehead atoms. The number of nitrogens with zero attached hydrogens (tertiary/aromatic N) is 2. The van der Waals surface area contributed by atoms with Gasteiger partial charge in [0.1, 0.15) is 5.60 Å². The van der Waals surface area contributed by atoms with Gasteiger partial charge in [-0.1, -0.05) is 29.3 Å². The maximum absolute atomic E-state index is 12.3. The maximum Gasteiger partial charge on any atom is 0.420 e. The molecule has 3 aromatic rings. The van der Waals surface area contributed by atoms with Crippen molar-refractivity contribution in [2.75, 3.05) is 6.61 Å². The molecule has 0 spiro atoms. The number of halogens is 2. The average molecular weight is 494 g/mol. The minimum Gasteiger partial charge on any atom is -0.494 e. The van der Waals surface area contributed by atoms with Gasteiger partial charge in [0.2, 0.25) is 5.88 Å². The largest absolute Gasteiger partial charge is 0.494 e. The number of benzene rings is 1. The van der Waals surface area contributed by atoms with E-state index in [2.05, 4.69) is 10.3 Å². The molecule has 0 unspecified atom stereocenters. The fourth-order valence-corrected chi connectivity index (χ4v) is 3.90. The lowest BCUT2D eigenvalue weighted by molar-refractivity contribution is 0.0523. The van der Waals surface area contributed by atoms with Crippen molar-refractivity contribution in [1.29, 1.82) is 0 Å². The van der Waals surface area contributed by atoms with Gasteiger partial charge in [0.05, 0.1) is 17.5 Å². The molecule has 1 aromatic carbocycles. The minimum absolute atomic E-state index is 0.0437. The van der Waals surface area contributed by atoms with E-state index >= 15 is 0 Å². The van der Waals surface area contributed by atoms with Crippen molar-refractivity contribution >= 4 is 46.3 Å². The Labute approximate surface area is 201 Å². The first-order chi connectivity index (χ1) is 15.4. The monoisotopic (exact) mass is 493 g/mol. The van der Waals surface area contributed by atoms with E-state index in [1.807, 2.05) is 0 Å². The number of nitrogens with one attached hydrogen (secondary N) is 1. The zero-order chi connectivity index (χ0) is 24.5. The fraction of sp³-hybridized carbons (Fsp3) is 0.348. The van der Waals surface area contributed by atoms with Crippen molar-refractivity contribution in [1.82, 2.24) is 14.9 Å². The number of carbonyl (C=O) groups is 2. The number of amides is 1. The third-order valence-electron chi connectivity index (χ3n) is 4.71. The lowest BCUT2D eigenvalue weighted by Crippen LogP contribution is -2.32. The van der Waals surface area contributed by atoms with Crippen molar-refractivity contribution < 1.29 is 24.2 Å². The second-order valence-corrected chi connectivity index (χ2v) is 9.16. The highest BCUT2D eigenvalue weighted by Crippen LogP contribution is 2.42. The molecule has 2 aromatic heterocycles. The Morgan fingerprint density at radius 2 is 1.94 bits per heavy atom. The summed E-state index contributed by atoms with van der Waals surface area (Å²) >= 11 is 12.6. The van der Waals surface area contributed by atoms with Crippen LogP contribution in [0.15, 0.2) is 24.4 Å². The van der Waals surface area contributed by atoms with Gasteiger partial charge in [0.25, 0.3) is 0 Å². The summed E-state index contributed by atoms with van der Waals surface area (Å²) in [5.74, 6) is -0.351. The number of ether oxygens (including phenoxy) is 2. The fourth-order valence-electron chi connectivity index (χ4n) is 3.40. The molecule has 0 aliphatic heterocycles. The highest BCUT2D eigenvalue weighted by atomic mass is 35.5. The molecule has 0 saturated carbocycles. The predicted molar refractivity (Wildman–Crippen MR) is 127 cm³/mol. The SMILES string of the molecule is CCOC(=O)n1cc2nc(C)c(CNC(=O)OC(C)(C)C)c(-c3ccc(Cl)cc3Cl)c2c1O. The molecule has 0 fully saturated rings. The van der Waals surface area contributed by atoms with Gasteiger partial charge in [0, 0.05) is 45.2 Å². The Balaban J connectivity index is 2.22. The van der Waals surface area contributed by atoms with Crippen molar-refractivity contribution in [3.05, 3.63) is 45.7 Å². The normalized spacial score (nSPS) is 11.5. The highest BCUT2D eigenvalue weighted by Gasteiger charge is 2.25. The van der Waals surface area contributed by atoms with Crippen LogP contribution in [0.1, 0.15) is 39.0 Å². The molecule has 8 nitrogen and oxygen atoms in total. The number of carbonyl (C=O) groups excluding carboxylic acids is 2. The number of pyridine rings is 1. The molecule has 0 aliphatic rings. The molecule has 3 rings (SSSR count). The molecule has 1 amide bonds. The lowest BCUT2D eigenvalue weighted by Gasteiger charge is -2.21. The Hall–Kier alpha value is -2.97. The van der Waals surface area contributed by atoms with E-state index < -0.39 is 17.8 Å². The summed E-state index contributed by atoms with van der Waals surface area (Å²) < 4.78 is 11.3. The second kappa shape index (κ2) is 9.49. The molecule has 0 radical (unpaired) electrons. The summed E-state index contributed by atoms with van der Waals surface area (Å²) in [5, 5.41) is 14.7. The molecule has 2 N–H and O–H groups in total. The van der Waals surface area contributed by atoms with Gasteiger partial charge in [-0.25, -0.2) is 14.2 Å². The molecule has 33 heavy (non-hydrogen) atoms. The summed E-state index contributed by atoms with van der Waals surface area (Å²) in [6.45, 7) is 8.90. The van der Waals surface area contributed by atoms with Crippen LogP contribution in [-0.2, 0) is 16.0 Å².